The van der Waals surface area contributed by atoms with Crippen LogP contribution in [0, 0.1) is 5.82 Å². The standard InChI is InChI=1S/C11H8ClF4N3/c1-2-9-17-18-10(12)19(9)8-5-6(11(14,15)16)3-4-7(8)13/h3-5H,2H2,1H3. The van der Waals surface area contributed by atoms with E-state index in [4.69, 9.17) is 11.6 Å². The van der Waals surface area contributed by atoms with Gasteiger partial charge in [-0.05, 0) is 29.8 Å². The second-order valence-corrected chi connectivity index (χ2v) is 4.08. The van der Waals surface area contributed by atoms with E-state index in [0.717, 1.165) is 10.6 Å². The van der Waals surface area contributed by atoms with Gasteiger partial charge in [-0.3, -0.25) is 4.57 Å². The molecule has 0 radical (unpaired) electrons. The van der Waals surface area contributed by atoms with Gasteiger partial charge in [0.15, 0.2) is 0 Å². The molecule has 0 saturated carbocycles. The molecule has 0 bridgehead atoms. The number of nitrogens with zero attached hydrogens (tertiary/aromatic N) is 3. The minimum atomic E-state index is -4.56. The van der Waals surface area contributed by atoms with Crippen molar-refractivity contribution >= 4 is 11.6 Å². The van der Waals surface area contributed by atoms with Crippen LogP contribution in [0.3, 0.4) is 0 Å². The van der Waals surface area contributed by atoms with Crippen molar-refractivity contribution in [3.05, 3.63) is 40.7 Å². The second kappa shape index (κ2) is 4.80. The predicted molar refractivity (Wildman–Crippen MR) is 60.7 cm³/mol. The smallest absolute Gasteiger partial charge is 0.267 e. The second-order valence-electron chi connectivity index (χ2n) is 3.74. The first kappa shape index (κ1) is 13.8. The topological polar surface area (TPSA) is 30.7 Å². The molecule has 0 N–H and O–H groups in total. The highest BCUT2D eigenvalue weighted by atomic mass is 35.5. The fourth-order valence-electron chi connectivity index (χ4n) is 1.62. The first-order chi connectivity index (χ1) is 8.84. The summed E-state index contributed by atoms with van der Waals surface area (Å²) in [5.41, 5.74) is -1.28. The van der Waals surface area contributed by atoms with Gasteiger partial charge in [-0.15, -0.1) is 10.2 Å². The number of hydrogen-bond acceptors (Lipinski definition) is 2. The molecule has 19 heavy (non-hydrogen) atoms. The van der Waals surface area contributed by atoms with E-state index in [9.17, 15) is 17.6 Å². The minimum absolute atomic E-state index is 0.185. The Morgan fingerprint density at radius 3 is 2.53 bits per heavy atom. The average Bonchev–Trinajstić information content (AvgIpc) is 2.69. The van der Waals surface area contributed by atoms with Gasteiger partial charge in [-0.1, -0.05) is 6.92 Å². The van der Waals surface area contributed by atoms with Crippen molar-refractivity contribution in [1.29, 1.82) is 0 Å². The molecular formula is C11H8ClF4N3. The van der Waals surface area contributed by atoms with Crippen LogP contribution in [0.2, 0.25) is 5.28 Å². The highest BCUT2D eigenvalue weighted by Gasteiger charge is 2.31. The molecule has 0 atom stereocenters. The summed E-state index contributed by atoms with van der Waals surface area (Å²) in [6, 6.07) is 2.10. The summed E-state index contributed by atoms with van der Waals surface area (Å²) in [6.07, 6.45) is -4.20. The lowest BCUT2D eigenvalue weighted by Gasteiger charge is -2.12. The lowest BCUT2D eigenvalue weighted by molar-refractivity contribution is -0.137. The summed E-state index contributed by atoms with van der Waals surface area (Å²) in [7, 11) is 0. The molecular weight excluding hydrogens is 286 g/mol. The van der Waals surface area contributed by atoms with Crippen molar-refractivity contribution in [3.63, 3.8) is 0 Å². The summed E-state index contributed by atoms with van der Waals surface area (Å²) in [5, 5.41) is 7.02. The van der Waals surface area contributed by atoms with E-state index in [-0.39, 0.29) is 16.8 Å². The maximum atomic E-state index is 13.7. The number of benzene rings is 1. The molecule has 1 aromatic heterocycles. The third-order valence-corrected chi connectivity index (χ3v) is 2.77. The minimum Gasteiger partial charge on any atom is -0.267 e. The first-order valence-corrected chi connectivity index (χ1v) is 5.69. The molecule has 2 aromatic rings. The van der Waals surface area contributed by atoms with Crippen LogP contribution in [0.25, 0.3) is 5.69 Å². The molecule has 0 amide bonds. The van der Waals surface area contributed by atoms with Gasteiger partial charge in [-0.25, -0.2) is 4.39 Å². The molecule has 0 spiro atoms. The molecule has 8 heteroatoms. The van der Waals surface area contributed by atoms with E-state index >= 15 is 0 Å². The molecule has 0 aliphatic heterocycles. The zero-order valence-corrected chi connectivity index (χ0v) is 10.4. The van der Waals surface area contributed by atoms with E-state index in [1.165, 1.54) is 0 Å². The van der Waals surface area contributed by atoms with Crippen LogP contribution < -0.4 is 0 Å². The number of alkyl halides is 3. The van der Waals surface area contributed by atoms with Crippen LogP contribution in [0.1, 0.15) is 18.3 Å². The van der Waals surface area contributed by atoms with Crippen molar-refractivity contribution in [2.75, 3.05) is 0 Å². The summed E-state index contributed by atoms with van der Waals surface area (Å²) in [5.74, 6) is -0.548. The molecule has 0 saturated heterocycles. The van der Waals surface area contributed by atoms with Gasteiger partial charge in [0.1, 0.15) is 11.6 Å². The van der Waals surface area contributed by atoms with Crippen LogP contribution >= 0.6 is 11.6 Å². The quantitative estimate of drug-likeness (QED) is 0.792. The van der Waals surface area contributed by atoms with Gasteiger partial charge in [0, 0.05) is 6.42 Å². The highest BCUT2D eigenvalue weighted by Crippen LogP contribution is 2.32. The molecule has 2 rings (SSSR count). The predicted octanol–water partition coefficient (Wildman–Crippen LogP) is 3.64. The molecule has 0 fully saturated rings. The Hall–Kier alpha value is -1.63. The largest absolute Gasteiger partial charge is 0.416 e. The Morgan fingerprint density at radius 1 is 1.26 bits per heavy atom. The van der Waals surface area contributed by atoms with Crippen molar-refractivity contribution in [3.8, 4) is 5.69 Å². The maximum Gasteiger partial charge on any atom is 0.416 e. The number of aryl methyl sites for hydroxylation is 1. The molecule has 0 aliphatic carbocycles. The molecule has 1 heterocycles. The molecule has 0 aliphatic rings. The van der Waals surface area contributed by atoms with Gasteiger partial charge in [0.25, 0.3) is 0 Å². The summed E-state index contributed by atoms with van der Waals surface area (Å²) >= 11 is 5.74. The fourth-order valence-corrected chi connectivity index (χ4v) is 1.85. The Balaban J connectivity index is 2.64. The third kappa shape index (κ3) is 2.56. The van der Waals surface area contributed by atoms with Gasteiger partial charge in [0.2, 0.25) is 5.28 Å². The molecule has 0 unspecified atom stereocenters. The number of rotatable bonds is 2. The average molecular weight is 294 g/mol. The van der Waals surface area contributed by atoms with Crippen LogP contribution in [-0.2, 0) is 12.6 Å². The summed E-state index contributed by atoms with van der Waals surface area (Å²) < 4.78 is 52.7. The third-order valence-electron chi connectivity index (χ3n) is 2.52. The van der Waals surface area contributed by atoms with Crippen molar-refractivity contribution in [1.82, 2.24) is 14.8 Å². The first-order valence-electron chi connectivity index (χ1n) is 5.31. The number of halogens is 5. The molecule has 102 valence electrons. The number of hydrogen-bond donors (Lipinski definition) is 0. The van der Waals surface area contributed by atoms with Crippen LogP contribution in [0.15, 0.2) is 18.2 Å². The van der Waals surface area contributed by atoms with Crippen LogP contribution in [0.5, 0.6) is 0 Å². The Labute approximate surface area is 110 Å². The zero-order valence-electron chi connectivity index (χ0n) is 9.67. The monoisotopic (exact) mass is 293 g/mol. The van der Waals surface area contributed by atoms with E-state index in [1.54, 1.807) is 6.92 Å². The lowest BCUT2D eigenvalue weighted by atomic mass is 10.2. The molecule has 1 aromatic carbocycles. The SMILES string of the molecule is CCc1nnc(Cl)n1-c1cc(C(F)(F)F)ccc1F. The van der Waals surface area contributed by atoms with Crippen molar-refractivity contribution < 1.29 is 17.6 Å². The van der Waals surface area contributed by atoms with Crippen LogP contribution in [-0.4, -0.2) is 14.8 Å². The summed E-state index contributed by atoms with van der Waals surface area (Å²) in [4.78, 5) is 0. The highest BCUT2D eigenvalue weighted by molar-refractivity contribution is 6.28. The summed E-state index contributed by atoms with van der Waals surface area (Å²) in [6.45, 7) is 1.71. The van der Waals surface area contributed by atoms with Crippen molar-refractivity contribution in [2.45, 2.75) is 19.5 Å². The van der Waals surface area contributed by atoms with Gasteiger partial charge >= 0.3 is 6.18 Å². The van der Waals surface area contributed by atoms with E-state index in [2.05, 4.69) is 10.2 Å². The van der Waals surface area contributed by atoms with Crippen LogP contribution in [0.4, 0.5) is 17.6 Å². The van der Waals surface area contributed by atoms with E-state index in [0.29, 0.717) is 18.6 Å². The fraction of sp³-hybridized carbons (Fsp3) is 0.273. The van der Waals surface area contributed by atoms with E-state index in [1.807, 2.05) is 0 Å². The zero-order chi connectivity index (χ0) is 14.2. The Kier molecular flexibility index (Phi) is 3.49. The number of aromatic nitrogens is 3. The van der Waals surface area contributed by atoms with Crippen molar-refractivity contribution in [2.24, 2.45) is 0 Å². The lowest BCUT2D eigenvalue weighted by Crippen LogP contribution is -2.09. The van der Waals surface area contributed by atoms with Gasteiger partial charge < -0.3 is 0 Å². The Bertz CT molecular complexity index is 606. The maximum absolute atomic E-state index is 13.7. The Morgan fingerprint density at radius 2 is 1.95 bits per heavy atom. The van der Waals surface area contributed by atoms with Gasteiger partial charge in [0.05, 0.1) is 11.3 Å². The van der Waals surface area contributed by atoms with E-state index < -0.39 is 17.6 Å². The molecule has 3 nitrogen and oxygen atoms in total. The normalized spacial score (nSPS) is 11.9. The van der Waals surface area contributed by atoms with Gasteiger partial charge in [-0.2, -0.15) is 13.2 Å².